The molecule has 0 aromatic carbocycles. The summed E-state index contributed by atoms with van der Waals surface area (Å²) in [6.45, 7) is 2.34. The second kappa shape index (κ2) is 5.96. The Morgan fingerprint density at radius 1 is 1.30 bits per heavy atom. The maximum Gasteiger partial charge on any atom is 0.356 e. The number of ether oxygens (including phenoxy) is 2. The zero-order valence-corrected chi connectivity index (χ0v) is 11.0. The molecular formula is C13H13N3O4. The van der Waals surface area contributed by atoms with Crippen LogP contribution in [-0.2, 0) is 0 Å². The molecule has 2 aromatic rings. The van der Waals surface area contributed by atoms with Gasteiger partial charge in [0.05, 0.1) is 37.4 Å². The van der Waals surface area contributed by atoms with Gasteiger partial charge >= 0.3 is 5.97 Å². The van der Waals surface area contributed by atoms with Gasteiger partial charge in [0.25, 0.3) is 0 Å². The van der Waals surface area contributed by atoms with Crippen molar-refractivity contribution in [2.45, 2.75) is 6.92 Å². The first-order chi connectivity index (χ1) is 9.65. The number of hydrogen-bond donors (Lipinski definition) is 1. The van der Waals surface area contributed by atoms with Gasteiger partial charge in [0, 0.05) is 6.07 Å². The summed E-state index contributed by atoms with van der Waals surface area (Å²) >= 11 is 0. The van der Waals surface area contributed by atoms with Crippen molar-refractivity contribution in [1.29, 1.82) is 0 Å². The van der Waals surface area contributed by atoms with Crippen LogP contribution in [0.5, 0.6) is 11.8 Å². The zero-order chi connectivity index (χ0) is 14.5. The van der Waals surface area contributed by atoms with Crippen LogP contribution in [0.15, 0.2) is 24.5 Å². The molecule has 0 atom stereocenters. The molecule has 0 fully saturated rings. The fourth-order valence-electron chi connectivity index (χ4n) is 1.60. The number of aromatic nitrogens is 3. The van der Waals surface area contributed by atoms with Crippen LogP contribution in [0.3, 0.4) is 0 Å². The Kier molecular flexibility index (Phi) is 4.09. The number of rotatable bonds is 5. The number of carbonyl (C=O) groups is 1. The van der Waals surface area contributed by atoms with E-state index in [0.717, 1.165) is 0 Å². The molecule has 104 valence electrons. The third-order valence-electron chi connectivity index (χ3n) is 2.45. The number of nitrogens with zero attached hydrogens (tertiary/aromatic N) is 3. The molecule has 2 aromatic heterocycles. The van der Waals surface area contributed by atoms with Crippen LogP contribution in [0.4, 0.5) is 0 Å². The van der Waals surface area contributed by atoms with Crippen molar-refractivity contribution in [3.05, 3.63) is 30.2 Å². The highest BCUT2D eigenvalue weighted by Crippen LogP contribution is 2.28. The Bertz CT molecular complexity index is 631. The van der Waals surface area contributed by atoms with Gasteiger partial charge in [0.15, 0.2) is 5.69 Å². The number of carboxylic acid groups (broad SMARTS) is 1. The third kappa shape index (κ3) is 2.82. The van der Waals surface area contributed by atoms with E-state index < -0.39 is 5.97 Å². The summed E-state index contributed by atoms with van der Waals surface area (Å²) in [4.78, 5) is 22.9. The molecule has 0 unspecified atom stereocenters. The number of methoxy groups -OCH3 is 1. The van der Waals surface area contributed by atoms with Crippen LogP contribution in [0.1, 0.15) is 17.4 Å². The molecule has 0 aliphatic heterocycles. The van der Waals surface area contributed by atoms with E-state index in [9.17, 15) is 4.79 Å². The Labute approximate surface area is 115 Å². The van der Waals surface area contributed by atoms with Crippen molar-refractivity contribution < 1.29 is 19.4 Å². The molecule has 0 spiro atoms. The molecule has 0 radical (unpaired) electrons. The second-order valence-corrected chi connectivity index (χ2v) is 3.73. The summed E-state index contributed by atoms with van der Waals surface area (Å²) in [6, 6.07) is 3.36. The van der Waals surface area contributed by atoms with Crippen molar-refractivity contribution in [1.82, 2.24) is 15.0 Å². The minimum Gasteiger partial charge on any atom is -0.480 e. The summed E-state index contributed by atoms with van der Waals surface area (Å²) < 4.78 is 10.5. The van der Waals surface area contributed by atoms with E-state index in [1.807, 2.05) is 6.92 Å². The summed E-state index contributed by atoms with van der Waals surface area (Å²) in [5, 5.41) is 8.93. The topological polar surface area (TPSA) is 94.4 Å². The Balaban J connectivity index is 2.46. The molecular weight excluding hydrogens is 262 g/mol. The fraction of sp³-hybridized carbons (Fsp3) is 0.231. The Hall–Kier alpha value is -2.70. The van der Waals surface area contributed by atoms with E-state index in [4.69, 9.17) is 14.6 Å². The van der Waals surface area contributed by atoms with E-state index in [2.05, 4.69) is 15.0 Å². The van der Waals surface area contributed by atoms with Gasteiger partial charge in [-0.05, 0) is 13.0 Å². The maximum absolute atomic E-state index is 10.9. The van der Waals surface area contributed by atoms with Gasteiger partial charge in [-0.2, -0.15) is 4.98 Å². The Morgan fingerprint density at radius 3 is 2.75 bits per heavy atom. The first-order valence-electron chi connectivity index (χ1n) is 5.89. The normalized spacial score (nSPS) is 10.1. The number of hydrogen-bond acceptors (Lipinski definition) is 6. The highest BCUT2D eigenvalue weighted by atomic mass is 16.5. The molecule has 2 rings (SSSR count). The van der Waals surface area contributed by atoms with Crippen molar-refractivity contribution in [2.24, 2.45) is 0 Å². The average Bonchev–Trinajstić information content (AvgIpc) is 2.47. The zero-order valence-electron chi connectivity index (χ0n) is 11.0. The van der Waals surface area contributed by atoms with Crippen LogP contribution in [-0.4, -0.2) is 39.7 Å². The quantitative estimate of drug-likeness (QED) is 0.886. The summed E-state index contributed by atoms with van der Waals surface area (Å²) in [5.74, 6) is -0.416. The largest absolute Gasteiger partial charge is 0.480 e. The van der Waals surface area contributed by atoms with E-state index in [-0.39, 0.29) is 5.69 Å². The minimum absolute atomic E-state index is 0.140. The first kappa shape index (κ1) is 13.7. The van der Waals surface area contributed by atoms with Crippen LogP contribution in [0.2, 0.25) is 0 Å². The lowest BCUT2D eigenvalue weighted by atomic mass is 10.2. The summed E-state index contributed by atoms with van der Waals surface area (Å²) in [6.07, 6.45) is 2.63. The number of pyridine rings is 1. The van der Waals surface area contributed by atoms with E-state index >= 15 is 0 Å². The highest BCUT2D eigenvalue weighted by Gasteiger charge is 2.13. The molecule has 0 aliphatic carbocycles. The van der Waals surface area contributed by atoms with E-state index in [1.54, 1.807) is 12.1 Å². The Morgan fingerprint density at radius 2 is 2.10 bits per heavy atom. The van der Waals surface area contributed by atoms with Crippen LogP contribution >= 0.6 is 0 Å². The highest BCUT2D eigenvalue weighted by molar-refractivity contribution is 5.85. The lowest BCUT2D eigenvalue weighted by molar-refractivity contribution is 0.0690. The number of carboxylic acids is 1. The monoisotopic (exact) mass is 275 g/mol. The summed E-state index contributed by atoms with van der Waals surface area (Å²) in [7, 11) is 1.47. The van der Waals surface area contributed by atoms with Gasteiger partial charge in [-0.3, -0.25) is 4.98 Å². The van der Waals surface area contributed by atoms with Crippen LogP contribution in [0.25, 0.3) is 11.3 Å². The number of aromatic carboxylic acids is 1. The lowest BCUT2D eigenvalue weighted by Crippen LogP contribution is -2.03. The molecule has 7 heteroatoms. The first-order valence-corrected chi connectivity index (χ1v) is 5.89. The predicted molar refractivity (Wildman–Crippen MR) is 69.9 cm³/mol. The van der Waals surface area contributed by atoms with Gasteiger partial charge in [-0.25, -0.2) is 9.78 Å². The molecule has 0 amide bonds. The van der Waals surface area contributed by atoms with Crippen molar-refractivity contribution >= 4 is 5.97 Å². The lowest BCUT2D eigenvalue weighted by Gasteiger charge is -2.09. The van der Waals surface area contributed by atoms with Crippen LogP contribution < -0.4 is 9.47 Å². The van der Waals surface area contributed by atoms with Crippen molar-refractivity contribution in [2.75, 3.05) is 13.7 Å². The van der Waals surface area contributed by atoms with E-state index in [0.29, 0.717) is 29.6 Å². The molecule has 0 saturated carbocycles. The summed E-state index contributed by atoms with van der Waals surface area (Å²) in [5.41, 5.74) is 0.780. The molecule has 7 nitrogen and oxygen atoms in total. The maximum atomic E-state index is 10.9. The molecule has 0 saturated heterocycles. The molecule has 2 heterocycles. The van der Waals surface area contributed by atoms with Crippen molar-refractivity contribution in [3.63, 3.8) is 0 Å². The minimum atomic E-state index is -1.14. The smallest absolute Gasteiger partial charge is 0.356 e. The standard InChI is InChI=1S/C13H13N3O4/c1-3-20-11-5-4-8(12(16-11)19-2)9-6-14-7-10(15-9)13(17)18/h4-7H,3H2,1-2H3,(H,17,18). The second-order valence-electron chi connectivity index (χ2n) is 3.73. The predicted octanol–water partition coefficient (Wildman–Crippen LogP) is 1.64. The SMILES string of the molecule is CCOc1ccc(-c2cncc(C(=O)O)n2)c(OC)n1. The van der Waals surface area contributed by atoms with Gasteiger partial charge < -0.3 is 14.6 Å². The molecule has 0 aliphatic rings. The van der Waals surface area contributed by atoms with Crippen LogP contribution in [0, 0.1) is 0 Å². The molecule has 20 heavy (non-hydrogen) atoms. The van der Waals surface area contributed by atoms with Gasteiger partial charge in [0.2, 0.25) is 11.8 Å². The van der Waals surface area contributed by atoms with E-state index in [1.165, 1.54) is 19.5 Å². The third-order valence-corrected chi connectivity index (χ3v) is 2.45. The average molecular weight is 275 g/mol. The van der Waals surface area contributed by atoms with Gasteiger partial charge in [0.1, 0.15) is 0 Å². The fourth-order valence-corrected chi connectivity index (χ4v) is 1.60. The molecule has 0 bridgehead atoms. The van der Waals surface area contributed by atoms with Gasteiger partial charge in [-0.15, -0.1) is 0 Å². The van der Waals surface area contributed by atoms with Gasteiger partial charge in [-0.1, -0.05) is 0 Å². The molecule has 1 N–H and O–H groups in total. The van der Waals surface area contributed by atoms with Crippen molar-refractivity contribution in [3.8, 4) is 23.0 Å².